The van der Waals surface area contributed by atoms with Gasteiger partial charge in [0.2, 0.25) is 5.95 Å². The van der Waals surface area contributed by atoms with E-state index in [2.05, 4.69) is 26.8 Å². The Kier molecular flexibility index (Phi) is 3.99. The molecule has 2 fully saturated rings. The number of fused-ring (bicyclic) bond motifs is 2. The molecule has 1 aromatic rings. The average Bonchev–Trinajstić information content (AvgIpc) is 2.65. The molecule has 0 radical (unpaired) electrons. The van der Waals surface area contributed by atoms with Crippen molar-refractivity contribution in [1.82, 2.24) is 14.9 Å². The van der Waals surface area contributed by atoms with Crippen LogP contribution in [-0.2, 0) is 11.3 Å². The van der Waals surface area contributed by atoms with Crippen molar-refractivity contribution in [3.63, 3.8) is 0 Å². The summed E-state index contributed by atoms with van der Waals surface area (Å²) >= 11 is 0. The van der Waals surface area contributed by atoms with Gasteiger partial charge in [0.15, 0.2) is 0 Å². The number of ether oxygens (including phenoxy) is 1. The molecule has 2 aliphatic heterocycles. The molecular weight excluding hydrogens is 278 g/mol. The van der Waals surface area contributed by atoms with Gasteiger partial charge in [0.1, 0.15) is 5.82 Å². The van der Waals surface area contributed by atoms with Crippen molar-refractivity contribution in [2.24, 2.45) is 0 Å². The van der Waals surface area contributed by atoms with E-state index in [9.17, 15) is 0 Å². The summed E-state index contributed by atoms with van der Waals surface area (Å²) in [5.41, 5.74) is 6.57. The maximum Gasteiger partial charge on any atom is 0.222 e. The van der Waals surface area contributed by atoms with Gasteiger partial charge >= 0.3 is 0 Å². The van der Waals surface area contributed by atoms with Gasteiger partial charge in [0.25, 0.3) is 0 Å². The molecule has 1 aromatic heterocycles. The molecule has 3 heterocycles. The van der Waals surface area contributed by atoms with Gasteiger partial charge in [-0.2, -0.15) is 4.98 Å². The highest BCUT2D eigenvalue weighted by Crippen LogP contribution is 2.31. The zero-order valence-corrected chi connectivity index (χ0v) is 14.0. The van der Waals surface area contributed by atoms with Crippen LogP contribution in [0.1, 0.15) is 39.3 Å². The summed E-state index contributed by atoms with van der Waals surface area (Å²) < 4.78 is 5.81. The molecule has 2 unspecified atom stereocenters. The summed E-state index contributed by atoms with van der Waals surface area (Å²) in [7, 11) is 2.23. The minimum Gasteiger partial charge on any atom is -0.370 e. The third-order valence-corrected chi connectivity index (χ3v) is 4.61. The molecule has 0 amide bonds. The highest BCUT2D eigenvalue weighted by molar-refractivity contribution is 5.45. The zero-order valence-electron chi connectivity index (χ0n) is 14.0. The van der Waals surface area contributed by atoms with Crippen LogP contribution in [0.25, 0.3) is 0 Å². The Morgan fingerprint density at radius 3 is 2.45 bits per heavy atom. The first-order valence-corrected chi connectivity index (χ1v) is 8.06. The molecule has 6 nitrogen and oxygen atoms in total. The second-order valence-corrected chi connectivity index (χ2v) is 7.43. The van der Waals surface area contributed by atoms with E-state index in [1.54, 1.807) is 0 Å². The fraction of sp³-hybridized carbons (Fsp3) is 0.750. The Morgan fingerprint density at radius 2 is 1.86 bits per heavy atom. The van der Waals surface area contributed by atoms with Crippen molar-refractivity contribution in [2.75, 3.05) is 30.8 Å². The largest absolute Gasteiger partial charge is 0.370 e. The molecule has 2 bridgehead atoms. The number of nitrogens with zero attached hydrogens (tertiary/aromatic N) is 4. The SMILES string of the molecule is CN1C2CCC1CN(c1cc(COC(C)(C)C)nc(N)n1)C2. The van der Waals surface area contributed by atoms with Crippen LogP contribution in [0, 0.1) is 0 Å². The minimum absolute atomic E-state index is 0.188. The maximum atomic E-state index is 5.90. The van der Waals surface area contributed by atoms with Crippen LogP contribution >= 0.6 is 0 Å². The van der Waals surface area contributed by atoms with Crippen molar-refractivity contribution in [2.45, 2.75) is 57.9 Å². The summed E-state index contributed by atoms with van der Waals surface area (Å²) in [6.07, 6.45) is 2.55. The van der Waals surface area contributed by atoms with Crippen LogP contribution in [0.3, 0.4) is 0 Å². The molecule has 22 heavy (non-hydrogen) atoms. The van der Waals surface area contributed by atoms with Crippen LogP contribution in [0.2, 0.25) is 0 Å². The number of nitrogen functional groups attached to an aromatic ring is 1. The van der Waals surface area contributed by atoms with Gasteiger partial charge in [-0.05, 0) is 40.7 Å². The first kappa shape index (κ1) is 15.5. The van der Waals surface area contributed by atoms with Crippen molar-refractivity contribution in [1.29, 1.82) is 0 Å². The van der Waals surface area contributed by atoms with Gasteiger partial charge in [-0.1, -0.05) is 0 Å². The summed E-state index contributed by atoms with van der Waals surface area (Å²) in [5.74, 6) is 1.27. The van der Waals surface area contributed by atoms with Crippen molar-refractivity contribution in [3.8, 4) is 0 Å². The molecular formula is C16H27N5O. The van der Waals surface area contributed by atoms with E-state index >= 15 is 0 Å². The lowest BCUT2D eigenvalue weighted by Crippen LogP contribution is -2.52. The number of rotatable bonds is 3. The van der Waals surface area contributed by atoms with Gasteiger partial charge in [-0.25, -0.2) is 4.98 Å². The van der Waals surface area contributed by atoms with Crippen LogP contribution in [0.5, 0.6) is 0 Å². The van der Waals surface area contributed by atoms with Crippen molar-refractivity contribution in [3.05, 3.63) is 11.8 Å². The number of aromatic nitrogens is 2. The third-order valence-electron chi connectivity index (χ3n) is 4.61. The first-order valence-electron chi connectivity index (χ1n) is 8.06. The Bertz CT molecular complexity index is 528. The summed E-state index contributed by atoms with van der Waals surface area (Å²) in [6, 6.07) is 3.28. The molecule has 0 saturated carbocycles. The zero-order chi connectivity index (χ0) is 15.9. The standard InChI is InChI=1S/C16H27N5O/c1-16(2,3)22-10-11-7-14(19-15(17)18-11)21-8-12-5-6-13(9-21)20(12)4/h7,12-13H,5-6,8-10H2,1-4H3,(H2,17,18,19). The Labute approximate surface area is 132 Å². The van der Waals surface area contributed by atoms with Gasteiger partial charge in [0, 0.05) is 31.2 Å². The molecule has 0 aliphatic carbocycles. The molecule has 122 valence electrons. The van der Waals surface area contributed by atoms with Crippen molar-refractivity contribution >= 4 is 11.8 Å². The number of likely N-dealkylation sites (N-methyl/N-ethyl adjacent to an activating group) is 1. The molecule has 2 atom stereocenters. The smallest absolute Gasteiger partial charge is 0.222 e. The highest BCUT2D eigenvalue weighted by atomic mass is 16.5. The monoisotopic (exact) mass is 305 g/mol. The Hall–Kier alpha value is -1.40. The number of anilines is 2. The van der Waals surface area contributed by atoms with E-state index in [1.807, 2.05) is 26.8 Å². The summed E-state index contributed by atoms with van der Waals surface area (Å²) in [4.78, 5) is 13.6. The number of nitrogens with two attached hydrogens (primary N) is 1. The van der Waals surface area contributed by atoms with Crippen LogP contribution < -0.4 is 10.6 Å². The molecule has 6 heteroatoms. The Balaban J connectivity index is 1.75. The fourth-order valence-corrected chi connectivity index (χ4v) is 3.33. The lowest BCUT2D eigenvalue weighted by molar-refractivity contribution is -0.0164. The topological polar surface area (TPSA) is 67.5 Å². The molecule has 2 saturated heterocycles. The molecule has 2 aliphatic rings. The normalized spacial score (nSPS) is 25.7. The van der Waals surface area contributed by atoms with Gasteiger partial charge in [0.05, 0.1) is 17.9 Å². The van der Waals surface area contributed by atoms with Gasteiger partial charge < -0.3 is 15.4 Å². The van der Waals surface area contributed by atoms with Crippen LogP contribution in [-0.4, -0.2) is 52.7 Å². The fourth-order valence-electron chi connectivity index (χ4n) is 3.33. The van der Waals surface area contributed by atoms with E-state index in [1.165, 1.54) is 12.8 Å². The number of hydrogen-bond acceptors (Lipinski definition) is 6. The molecule has 2 N–H and O–H groups in total. The van der Waals surface area contributed by atoms with E-state index in [0.717, 1.165) is 24.6 Å². The molecule has 0 spiro atoms. The maximum absolute atomic E-state index is 5.90. The Morgan fingerprint density at radius 1 is 1.23 bits per heavy atom. The quantitative estimate of drug-likeness (QED) is 0.916. The van der Waals surface area contributed by atoms with Gasteiger partial charge in [-0.15, -0.1) is 0 Å². The second-order valence-electron chi connectivity index (χ2n) is 7.43. The van der Waals surface area contributed by atoms with Crippen LogP contribution in [0.15, 0.2) is 6.07 Å². The molecule has 0 aromatic carbocycles. The lowest BCUT2D eigenvalue weighted by Gasteiger charge is -2.39. The van der Waals surface area contributed by atoms with Crippen molar-refractivity contribution < 1.29 is 4.74 Å². The predicted molar refractivity (Wildman–Crippen MR) is 87.8 cm³/mol. The number of piperazine rings is 1. The van der Waals surface area contributed by atoms with Crippen LogP contribution in [0.4, 0.5) is 11.8 Å². The highest BCUT2D eigenvalue weighted by Gasteiger charge is 2.37. The number of hydrogen-bond donors (Lipinski definition) is 1. The third kappa shape index (κ3) is 3.33. The average molecular weight is 305 g/mol. The van der Waals surface area contributed by atoms with E-state index in [0.29, 0.717) is 24.6 Å². The summed E-state index contributed by atoms with van der Waals surface area (Å²) in [6.45, 7) is 8.61. The van der Waals surface area contributed by atoms with E-state index in [-0.39, 0.29) is 5.60 Å². The summed E-state index contributed by atoms with van der Waals surface area (Å²) in [5, 5.41) is 0. The minimum atomic E-state index is -0.188. The van der Waals surface area contributed by atoms with E-state index in [4.69, 9.17) is 10.5 Å². The predicted octanol–water partition coefficient (Wildman–Crippen LogP) is 1.66. The van der Waals surface area contributed by atoms with E-state index < -0.39 is 0 Å². The lowest BCUT2D eigenvalue weighted by atomic mass is 10.2. The first-order chi connectivity index (χ1) is 10.3. The second kappa shape index (κ2) is 5.66. The van der Waals surface area contributed by atoms with Gasteiger partial charge in [-0.3, -0.25) is 4.90 Å². The molecule has 3 rings (SSSR count).